The van der Waals surface area contributed by atoms with E-state index in [-0.39, 0.29) is 22.4 Å². The molecule has 0 bridgehead atoms. The number of benzene rings is 1. The number of halogens is 1. The molecule has 0 aliphatic carbocycles. The Morgan fingerprint density at radius 2 is 2.00 bits per heavy atom. The molecule has 1 rings (SSSR count). The van der Waals surface area contributed by atoms with Crippen molar-refractivity contribution < 1.29 is 18.3 Å². The van der Waals surface area contributed by atoms with E-state index in [9.17, 15) is 13.2 Å². The van der Waals surface area contributed by atoms with Crippen molar-refractivity contribution in [1.29, 1.82) is 0 Å². The Morgan fingerprint density at radius 1 is 1.40 bits per heavy atom. The minimum Gasteiger partial charge on any atom is -0.478 e. The molecule has 5 nitrogen and oxygen atoms in total. The molecule has 0 spiro atoms. The second kappa shape index (κ2) is 6.86. The first-order valence-electron chi connectivity index (χ1n) is 6.24. The third-order valence-corrected chi connectivity index (χ3v) is 5.81. The lowest BCUT2D eigenvalue weighted by molar-refractivity contribution is 0.0695. The van der Waals surface area contributed by atoms with Gasteiger partial charge in [0.05, 0.1) is 10.5 Å². The lowest BCUT2D eigenvalue weighted by atomic mass is 10.0. The minimum absolute atomic E-state index is 0.00957. The number of hydrogen-bond donors (Lipinski definition) is 2. The molecule has 0 amide bonds. The Bertz CT molecular complexity index is 600. The Hall–Kier alpha value is -0.670. The topological polar surface area (TPSA) is 83.5 Å². The van der Waals surface area contributed by atoms with Crippen LogP contribution in [-0.2, 0) is 10.0 Å². The van der Waals surface area contributed by atoms with Gasteiger partial charge >= 0.3 is 5.97 Å². The molecule has 1 aromatic rings. The van der Waals surface area contributed by atoms with Crippen LogP contribution in [0.25, 0.3) is 0 Å². The number of carbonyl (C=O) groups is 1. The third-order valence-electron chi connectivity index (χ3n) is 3.32. The van der Waals surface area contributed by atoms with Crippen molar-refractivity contribution in [3.8, 4) is 0 Å². The van der Waals surface area contributed by atoms with Gasteiger partial charge < -0.3 is 5.11 Å². The van der Waals surface area contributed by atoms with E-state index in [0.717, 1.165) is 6.42 Å². The molecule has 0 fully saturated rings. The number of carboxylic acid groups (broad SMARTS) is 1. The second-order valence-corrected chi connectivity index (χ2v) is 7.62. The Labute approximate surface area is 133 Å². The van der Waals surface area contributed by atoms with E-state index in [2.05, 4.69) is 4.72 Å². The highest BCUT2D eigenvalue weighted by molar-refractivity contribution is 14.1. The summed E-state index contributed by atoms with van der Waals surface area (Å²) in [7, 11) is -3.70. The van der Waals surface area contributed by atoms with Crippen molar-refractivity contribution in [2.45, 2.75) is 38.1 Å². The first kappa shape index (κ1) is 17.4. The third kappa shape index (κ3) is 4.16. The smallest absolute Gasteiger partial charge is 0.336 e. The molecular formula is C13H18INO4S. The summed E-state index contributed by atoms with van der Waals surface area (Å²) in [5.74, 6) is -0.936. The normalized spacial score (nSPS) is 14.8. The average Bonchev–Trinajstić information content (AvgIpc) is 2.36. The fraction of sp³-hybridized carbons (Fsp3) is 0.462. The summed E-state index contributed by atoms with van der Waals surface area (Å²) < 4.78 is 27.6. The zero-order chi connectivity index (χ0) is 15.5. The van der Waals surface area contributed by atoms with Gasteiger partial charge in [0, 0.05) is 9.61 Å². The van der Waals surface area contributed by atoms with Gasteiger partial charge in [0.1, 0.15) is 0 Å². The van der Waals surface area contributed by atoms with E-state index in [1.807, 2.05) is 36.4 Å². The first-order valence-corrected chi connectivity index (χ1v) is 8.80. The average molecular weight is 411 g/mol. The lowest BCUT2D eigenvalue weighted by Gasteiger charge is -2.20. The summed E-state index contributed by atoms with van der Waals surface area (Å²) in [5, 5.41) is 9.04. The van der Waals surface area contributed by atoms with Crippen molar-refractivity contribution in [3.05, 3.63) is 27.3 Å². The van der Waals surface area contributed by atoms with Crippen LogP contribution in [-0.4, -0.2) is 25.5 Å². The zero-order valence-electron chi connectivity index (χ0n) is 11.6. The lowest BCUT2D eigenvalue weighted by Crippen LogP contribution is -2.36. The van der Waals surface area contributed by atoms with Crippen LogP contribution in [0.4, 0.5) is 0 Å². The largest absolute Gasteiger partial charge is 0.478 e. The summed E-state index contributed by atoms with van der Waals surface area (Å²) >= 11 is 1.87. The second-order valence-electron chi connectivity index (χ2n) is 4.74. The predicted octanol–water partition coefficient (Wildman–Crippen LogP) is 2.70. The molecule has 0 aliphatic heterocycles. The quantitative estimate of drug-likeness (QED) is 0.706. The zero-order valence-corrected chi connectivity index (χ0v) is 14.5. The Balaban J connectivity index is 3.10. The monoisotopic (exact) mass is 411 g/mol. The molecule has 2 unspecified atom stereocenters. The molecule has 7 heteroatoms. The van der Waals surface area contributed by atoms with Crippen LogP contribution >= 0.6 is 22.6 Å². The van der Waals surface area contributed by atoms with Gasteiger partial charge in [-0.3, -0.25) is 0 Å². The highest BCUT2D eigenvalue weighted by Gasteiger charge is 2.22. The van der Waals surface area contributed by atoms with Gasteiger partial charge in [-0.25, -0.2) is 17.9 Å². The number of aromatic carboxylic acids is 1. The van der Waals surface area contributed by atoms with E-state index >= 15 is 0 Å². The number of rotatable bonds is 6. The van der Waals surface area contributed by atoms with Crippen LogP contribution in [0.1, 0.15) is 37.6 Å². The Kier molecular flexibility index (Phi) is 5.96. The Morgan fingerprint density at radius 3 is 2.50 bits per heavy atom. The van der Waals surface area contributed by atoms with Crippen LogP contribution in [0, 0.1) is 9.49 Å². The molecule has 2 N–H and O–H groups in total. The van der Waals surface area contributed by atoms with Crippen LogP contribution in [0.15, 0.2) is 23.1 Å². The predicted molar refractivity (Wildman–Crippen MR) is 85.4 cm³/mol. The van der Waals surface area contributed by atoms with E-state index < -0.39 is 16.0 Å². The summed E-state index contributed by atoms with van der Waals surface area (Å²) in [6, 6.07) is 3.89. The molecule has 0 saturated heterocycles. The maximum Gasteiger partial charge on any atom is 0.336 e. The van der Waals surface area contributed by atoms with Gasteiger partial charge in [-0.05, 0) is 53.6 Å². The van der Waals surface area contributed by atoms with E-state index in [4.69, 9.17) is 5.11 Å². The van der Waals surface area contributed by atoms with Crippen molar-refractivity contribution >= 4 is 38.6 Å². The number of nitrogens with one attached hydrogen (secondary N) is 1. The maximum atomic E-state index is 12.2. The van der Waals surface area contributed by atoms with Gasteiger partial charge in [0.15, 0.2) is 0 Å². The van der Waals surface area contributed by atoms with Crippen molar-refractivity contribution in [2.75, 3.05) is 0 Å². The van der Waals surface area contributed by atoms with E-state index in [1.165, 1.54) is 18.2 Å². The summed E-state index contributed by atoms with van der Waals surface area (Å²) in [5.41, 5.74) is -0.00957. The molecule has 0 radical (unpaired) electrons. The van der Waals surface area contributed by atoms with Gasteiger partial charge in [-0.15, -0.1) is 0 Å². The summed E-state index contributed by atoms with van der Waals surface area (Å²) in [6.07, 6.45) is 0.858. The van der Waals surface area contributed by atoms with E-state index in [1.54, 1.807) is 6.92 Å². The molecule has 0 aliphatic rings. The number of sulfonamides is 1. The van der Waals surface area contributed by atoms with Crippen LogP contribution < -0.4 is 4.72 Å². The molecular weight excluding hydrogens is 393 g/mol. The van der Waals surface area contributed by atoms with Gasteiger partial charge in [-0.2, -0.15) is 0 Å². The molecule has 20 heavy (non-hydrogen) atoms. The van der Waals surface area contributed by atoms with Crippen LogP contribution in [0.2, 0.25) is 0 Å². The van der Waals surface area contributed by atoms with Gasteiger partial charge in [-0.1, -0.05) is 20.3 Å². The molecule has 112 valence electrons. The van der Waals surface area contributed by atoms with Crippen molar-refractivity contribution in [3.63, 3.8) is 0 Å². The molecule has 0 saturated carbocycles. The van der Waals surface area contributed by atoms with Crippen LogP contribution in [0.3, 0.4) is 0 Å². The summed E-state index contributed by atoms with van der Waals surface area (Å²) in [6.45, 7) is 5.75. The number of hydrogen-bond acceptors (Lipinski definition) is 3. The van der Waals surface area contributed by atoms with Crippen molar-refractivity contribution in [2.24, 2.45) is 5.92 Å². The minimum atomic E-state index is -3.70. The van der Waals surface area contributed by atoms with Crippen LogP contribution in [0.5, 0.6) is 0 Å². The fourth-order valence-electron chi connectivity index (χ4n) is 1.62. The SMILES string of the molecule is CCC(C)C(C)NS(=O)(=O)c1ccc(I)c(C(=O)O)c1. The maximum absolute atomic E-state index is 12.2. The molecule has 2 atom stereocenters. The molecule has 0 heterocycles. The van der Waals surface area contributed by atoms with Gasteiger partial charge in [0.2, 0.25) is 10.0 Å². The van der Waals surface area contributed by atoms with Gasteiger partial charge in [0.25, 0.3) is 0 Å². The first-order chi connectivity index (χ1) is 9.19. The standard InChI is InChI=1S/C13H18INO4S/c1-4-8(2)9(3)15-20(18,19)10-5-6-12(14)11(7-10)13(16)17/h5-9,15H,4H2,1-3H3,(H,16,17). The molecule has 1 aromatic carbocycles. The fourth-order valence-corrected chi connectivity index (χ4v) is 3.56. The highest BCUT2D eigenvalue weighted by atomic mass is 127. The summed E-state index contributed by atoms with van der Waals surface area (Å²) in [4.78, 5) is 11.0. The number of carboxylic acids is 1. The van der Waals surface area contributed by atoms with E-state index in [0.29, 0.717) is 3.57 Å². The van der Waals surface area contributed by atoms with Crippen molar-refractivity contribution in [1.82, 2.24) is 4.72 Å². The molecule has 0 aromatic heterocycles. The highest BCUT2D eigenvalue weighted by Crippen LogP contribution is 2.19.